The minimum atomic E-state index is -0.998. The van der Waals surface area contributed by atoms with Crippen molar-refractivity contribution in [3.8, 4) is 0 Å². The minimum Gasteiger partial charge on any atom is -0.478 e. The standard InChI is InChI=1S/C11H14N2O3/c1-7-3-4-8(5-9(7)11(15)16)13-10(14)6-12-2/h3-5,12H,6H2,1-2H3,(H,13,14)(H,15,16). The summed E-state index contributed by atoms with van der Waals surface area (Å²) in [6.45, 7) is 1.90. The third kappa shape index (κ3) is 3.06. The molecule has 0 aliphatic carbocycles. The molecule has 0 heterocycles. The van der Waals surface area contributed by atoms with E-state index in [2.05, 4.69) is 10.6 Å². The summed E-state index contributed by atoms with van der Waals surface area (Å²) in [6.07, 6.45) is 0. The van der Waals surface area contributed by atoms with Crippen LogP contribution in [0.15, 0.2) is 18.2 Å². The van der Waals surface area contributed by atoms with Crippen molar-refractivity contribution in [3.05, 3.63) is 29.3 Å². The van der Waals surface area contributed by atoms with Crippen LogP contribution >= 0.6 is 0 Å². The normalized spacial score (nSPS) is 9.88. The zero-order chi connectivity index (χ0) is 12.1. The number of likely N-dealkylation sites (N-methyl/N-ethyl adjacent to an activating group) is 1. The highest BCUT2D eigenvalue weighted by atomic mass is 16.4. The molecule has 3 N–H and O–H groups in total. The molecule has 1 amide bonds. The lowest BCUT2D eigenvalue weighted by Gasteiger charge is -2.07. The van der Waals surface area contributed by atoms with Crippen LogP contribution in [0.3, 0.4) is 0 Å². The number of aryl methyl sites for hydroxylation is 1. The van der Waals surface area contributed by atoms with Gasteiger partial charge in [0.2, 0.25) is 5.91 Å². The first-order chi connectivity index (χ1) is 7.54. The number of carboxylic acids is 1. The number of carbonyl (C=O) groups is 2. The van der Waals surface area contributed by atoms with Crippen LogP contribution in [0.5, 0.6) is 0 Å². The Kier molecular flexibility index (Phi) is 4.02. The first kappa shape index (κ1) is 12.2. The molecule has 5 nitrogen and oxygen atoms in total. The number of benzene rings is 1. The van der Waals surface area contributed by atoms with Gasteiger partial charge in [-0.05, 0) is 31.7 Å². The monoisotopic (exact) mass is 222 g/mol. The molecule has 0 atom stereocenters. The molecule has 0 aliphatic rings. The molecule has 0 saturated carbocycles. The van der Waals surface area contributed by atoms with Gasteiger partial charge in [0.05, 0.1) is 12.1 Å². The minimum absolute atomic E-state index is 0.191. The van der Waals surface area contributed by atoms with E-state index in [1.807, 2.05) is 0 Å². The molecule has 1 rings (SSSR count). The number of carboxylic acid groups (broad SMARTS) is 1. The molecule has 5 heteroatoms. The molecule has 16 heavy (non-hydrogen) atoms. The molecule has 86 valence electrons. The van der Waals surface area contributed by atoms with Crippen molar-refractivity contribution in [2.45, 2.75) is 6.92 Å². The van der Waals surface area contributed by atoms with E-state index in [9.17, 15) is 9.59 Å². The summed E-state index contributed by atoms with van der Waals surface area (Å²) in [5.74, 6) is -1.20. The second kappa shape index (κ2) is 5.27. The average molecular weight is 222 g/mol. The average Bonchev–Trinajstić information content (AvgIpc) is 2.21. The highest BCUT2D eigenvalue weighted by Crippen LogP contribution is 2.15. The van der Waals surface area contributed by atoms with Gasteiger partial charge in [0.15, 0.2) is 0 Å². The van der Waals surface area contributed by atoms with Gasteiger partial charge in [0.1, 0.15) is 0 Å². The summed E-state index contributed by atoms with van der Waals surface area (Å²) < 4.78 is 0. The maximum absolute atomic E-state index is 11.3. The third-order valence-electron chi connectivity index (χ3n) is 2.09. The predicted molar refractivity (Wildman–Crippen MR) is 60.7 cm³/mol. The summed E-state index contributed by atoms with van der Waals surface area (Å²) in [5.41, 5.74) is 1.35. The Morgan fingerprint density at radius 3 is 2.62 bits per heavy atom. The SMILES string of the molecule is CNCC(=O)Nc1ccc(C)c(C(=O)O)c1. The first-order valence-corrected chi connectivity index (χ1v) is 4.83. The van der Waals surface area contributed by atoms with E-state index in [1.165, 1.54) is 6.07 Å². The van der Waals surface area contributed by atoms with Gasteiger partial charge in [-0.25, -0.2) is 4.79 Å². The van der Waals surface area contributed by atoms with Crippen molar-refractivity contribution in [2.24, 2.45) is 0 Å². The Labute approximate surface area is 93.5 Å². The number of hydrogen-bond donors (Lipinski definition) is 3. The molecule has 0 spiro atoms. The Balaban J connectivity index is 2.87. The van der Waals surface area contributed by atoms with Crippen molar-refractivity contribution in [1.29, 1.82) is 0 Å². The second-order valence-corrected chi connectivity index (χ2v) is 3.41. The van der Waals surface area contributed by atoms with Gasteiger partial charge in [0.25, 0.3) is 0 Å². The Morgan fingerprint density at radius 2 is 2.06 bits per heavy atom. The van der Waals surface area contributed by atoms with Gasteiger partial charge < -0.3 is 15.7 Å². The molecule has 0 radical (unpaired) electrons. The molecule has 0 saturated heterocycles. The summed E-state index contributed by atoms with van der Waals surface area (Å²) in [7, 11) is 1.66. The lowest BCUT2D eigenvalue weighted by Crippen LogP contribution is -2.25. The fraction of sp³-hybridized carbons (Fsp3) is 0.273. The van der Waals surface area contributed by atoms with Gasteiger partial charge in [-0.15, -0.1) is 0 Å². The lowest BCUT2D eigenvalue weighted by molar-refractivity contribution is -0.115. The summed E-state index contributed by atoms with van der Waals surface area (Å²) >= 11 is 0. The van der Waals surface area contributed by atoms with E-state index in [0.29, 0.717) is 11.3 Å². The van der Waals surface area contributed by atoms with Crippen LogP contribution in [-0.2, 0) is 4.79 Å². The third-order valence-corrected chi connectivity index (χ3v) is 2.09. The van der Waals surface area contributed by atoms with Crippen LogP contribution in [0.25, 0.3) is 0 Å². The number of anilines is 1. The smallest absolute Gasteiger partial charge is 0.336 e. The highest BCUT2D eigenvalue weighted by molar-refractivity contribution is 5.95. The van der Waals surface area contributed by atoms with Gasteiger partial charge in [0, 0.05) is 5.69 Å². The fourth-order valence-corrected chi connectivity index (χ4v) is 1.30. The molecular weight excluding hydrogens is 208 g/mol. The topological polar surface area (TPSA) is 78.4 Å². The van der Waals surface area contributed by atoms with Crippen molar-refractivity contribution in [3.63, 3.8) is 0 Å². The number of carbonyl (C=O) groups excluding carboxylic acids is 1. The van der Waals surface area contributed by atoms with Gasteiger partial charge in [-0.3, -0.25) is 4.79 Å². The maximum Gasteiger partial charge on any atom is 0.336 e. The van der Waals surface area contributed by atoms with Crippen molar-refractivity contribution in [2.75, 3.05) is 18.9 Å². The van der Waals surface area contributed by atoms with E-state index < -0.39 is 5.97 Å². The Morgan fingerprint density at radius 1 is 1.38 bits per heavy atom. The van der Waals surface area contributed by atoms with Crippen LogP contribution in [0.1, 0.15) is 15.9 Å². The second-order valence-electron chi connectivity index (χ2n) is 3.41. The zero-order valence-corrected chi connectivity index (χ0v) is 9.20. The number of hydrogen-bond acceptors (Lipinski definition) is 3. The van der Waals surface area contributed by atoms with Gasteiger partial charge in [-0.1, -0.05) is 6.07 Å². The van der Waals surface area contributed by atoms with E-state index in [-0.39, 0.29) is 18.0 Å². The van der Waals surface area contributed by atoms with E-state index in [0.717, 1.165) is 0 Å². The molecular formula is C11H14N2O3. The Hall–Kier alpha value is -1.88. The number of amides is 1. The van der Waals surface area contributed by atoms with Crippen molar-refractivity contribution >= 4 is 17.6 Å². The van der Waals surface area contributed by atoms with E-state index >= 15 is 0 Å². The van der Waals surface area contributed by atoms with Crippen LogP contribution in [0.4, 0.5) is 5.69 Å². The van der Waals surface area contributed by atoms with Crippen LogP contribution in [0.2, 0.25) is 0 Å². The largest absolute Gasteiger partial charge is 0.478 e. The van der Waals surface area contributed by atoms with Crippen LogP contribution < -0.4 is 10.6 Å². The van der Waals surface area contributed by atoms with E-state index in [1.54, 1.807) is 26.1 Å². The van der Waals surface area contributed by atoms with Crippen LogP contribution in [-0.4, -0.2) is 30.6 Å². The fourth-order valence-electron chi connectivity index (χ4n) is 1.30. The van der Waals surface area contributed by atoms with Crippen molar-refractivity contribution < 1.29 is 14.7 Å². The molecule has 0 fully saturated rings. The zero-order valence-electron chi connectivity index (χ0n) is 9.20. The lowest BCUT2D eigenvalue weighted by atomic mass is 10.1. The first-order valence-electron chi connectivity index (χ1n) is 4.83. The molecule has 1 aromatic carbocycles. The Bertz CT molecular complexity index is 416. The summed E-state index contributed by atoms with van der Waals surface area (Å²) in [6, 6.07) is 4.79. The highest BCUT2D eigenvalue weighted by Gasteiger charge is 2.08. The molecule has 0 bridgehead atoms. The van der Waals surface area contributed by atoms with Crippen LogP contribution in [0, 0.1) is 6.92 Å². The number of aromatic carboxylic acids is 1. The molecule has 0 aromatic heterocycles. The number of rotatable bonds is 4. The van der Waals surface area contributed by atoms with Gasteiger partial charge >= 0.3 is 5.97 Å². The summed E-state index contributed by atoms with van der Waals surface area (Å²) in [4.78, 5) is 22.1. The maximum atomic E-state index is 11.3. The molecule has 0 aliphatic heterocycles. The predicted octanol–water partition coefficient (Wildman–Crippen LogP) is 0.851. The molecule has 0 unspecified atom stereocenters. The molecule has 1 aromatic rings. The van der Waals surface area contributed by atoms with Crippen molar-refractivity contribution in [1.82, 2.24) is 5.32 Å². The number of nitrogens with one attached hydrogen (secondary N) is 2. The van der Waals surface area contributed by atoms with E-state index in [4.69, 9.17) is 5.11 Å². The summed E-state index contributed by atoms with van der Waals surface area (Å²) in [5, 5.41) is 14.2. The van der Waals surface area contributed by atoms with Gasteiger partial charge in [-0.2, -0.15) is 0 Å². The quantitative estimate of drug-likeness (QED) is 0.705.